The highest BCUT2D eigenvalue weighted by Crippen LogP contribution is 2.46. The first-order valence-corrected chi connectivity index (χ1v) is 9.70. The summed E-state index contributed by atoms with van der Waals surface area (Å²) in [5.41, 5.74) is 8.01. The van der Waals surface area contributed by atoms with Gasteiger partial charge in [0.25, 0.3) is 11.8 Å². The van der Waals surface area contributed by atoms with Crippen LogP contribution in [0.15, 0.2) is 52.3 Å². The maximum absolute atomic E-state index is 12.5. The minimum absolute atomic E-state index is 0.139. The number of hydrogen-bond acceptors (Lipinski definition) is 5. The van der Waals surface area contributed by atoms with Gasteiger partial charge in [-0.25, -0.2) is 0 Å². The third-order valence-electron chi connectivity index (χ3n) is 4.58. The van der Waals surface area contributed by atoms with Crippen LogP contribution in [-0.4, -0.2) is 36.1 Å². The molecule has 2 heterocycles. The molecule has 25 heavy (non-hydrogen) atoms. The number of hydrogen-bond donors (Lipinski definition) is 2. The van der Waals surface area contributed by atoms with Crippen molar-refractivity contribution >= 4 is 41.0 Å². The van der Waals surface area contributed by atoms with Gasteiger partial charge in [0.2, 0.25) is 0 Å². The average molecular weight is 371 g/mol. The Labute approximate surface area is 154 Å². The summed E-state index contributed by atoms with van der Waals surface area (Å²) in [5.74, 6) is 0.327. The summed E-state index contributed by atoms with van der Waals surface area (Å²) in [7, 11) is 1.91. The van der Waals surface area contributed by atoms with Gasteiger partial charge in [0.1, 0.15) is 0 Å². The number of anilines is 1. The van der Waals surface area contributed by atoms with E-state index in [-0.39, 0.29) is 11.8 Å². The van der Waals surface area contributed by atoms with Gasteiger partial charge in [0.05, 0.1) is 11.3 Å². The molecule has 2 amide bonds. The summed E-state index contributed by atoms with van der Waals surface area (Å²) in [6.45, 7) is 0.793. The minimum atomic E-state index is -0.877. The Morgan fingerprint density at radius 3 is 2.76 bits per heavy atom. The number of benzene rings is 2. The number of fused-ring (bicyclic) bond motifs is 2. The lowest BCUT2D eigenvalue weighted by atomic mass is 10.0. The van der Waals surface area contributed by atoms with Crippen LogP contribution in [0.4, 0.5) is 5.69 Å². The number of likely N-dealkylation sites (N-methyl/N-ethyl adjacent to an activating group) is 1. The molecule has 0 aromatic heterocycles. The zero-order valence-corrected chi connectivity index (χ0v) is 15.2. The van der Waals surface area contributed by atoms with Crippen LogP contribution >= 0.6 is 23.5 Å². The standard InChI is InChI=1S/C18H17N3O2S2/c1-21-8-9-24-18(21,17(19)23)11-6-7-12-15(10-11)25-14-5-3-2-4-13(14)20-16(12)22/h2-7,10H,8-9H2,1H3,(H2,19,23)(H,20,22). The number of nitrogens with one attached hydrogen (secondary N) is 1. The molecule has 1 atom stereocenters. The lowest BCUT2D eigenvalue weighted by Gasteiger charge is -2.32. The number of nitrogens with two attached hydrogens (primary N) is 1. The third kappa shape index (κ3) is 2.54. The number of nitrogens with zero attached hydrogens (tertiary/aromatic N) is 1. The smallest absolute Gasteiger partial charge is 0.256 e. The van der Waals surface area contributed by atoms with Gasteiger partial charge in [-0.1, -0.05) is 30.0 Å². The summed E-state index contributed by atoms with van der Waals surface area (Å²) < 4.78 is 0. The van der Waals surface area contributed by atoms with Gasteiger partial charge >= 0.3 is 0 Å². The van der Waals surface area contributed by atoms with Crippen molar-refractivity contribution in [2.24, 2.45) is 5.73 Å². The first-order chi connectivity index (χ1) is 12.0. The van der Waals surface area contributed by atoms with Crippen LogP contribution in [0.3, 0.4) is 0 Å². The highest BCUT2D eigenvalue weighted by Gasteiger charge is 2.47. The van der Waals surface area contributed by atoms with Crippen LogP contribution in [0.25, 0.3) is 0 Å². The Morgan fingerprint density at radius 2 is 2.04 bits per heavy atom. The van der Waals surface area contributed by atoms with E-state index in [9.17, 15) is 9.59 Å². The maximum Gasteiger partial charge on any atom is 0.256 e. The molecule has 0 spiro atoms. The Hall–Kier alpha value is -1.96. The number of carbonyl (C=O) groups is 2. The first kappa shape index (κ1) is 16.5. The van der Waals surface area contributed by atoms with Gasteiger partial charge in [0.15, 0.2) is 4.87 Å². The molecule has 2 aliphatic rings. The SMILES string of the molecule is CN1CCSC1(C(N)=O)c1ccc2c(c1)Sc1ccccc1NC2=O. The largest absolute Gasteiger partial charge is 0.367 e. The van der Waals surface area contributed by atoms with Crippen molar-refractivity contribution in [1.82, 2.24) is 4.90 Å². The van der Waals surface area contributed by atoms with Gasteiger partial charge in [-0.05, 0) is 36.9 Å². The molecule has 5 nitrogen and oxygen atoms in total. The number of carbonyl (C=O) groups excluding carboxylic acids is 2. The van der Waals surface area contributed by atoms with E-state index in [1.165, 1.54) is 11.8 Å². The van der Waals surface area contributed by atoms with Crippen molar-refractivity contribution in [1.29, 1.82) is 0 Å². The van der Waals surface area contributed by atoms with Crippen molar-refractivity contribution in [3.8, 4) is 0 Å². The Balaban J connectivity index is 1.84. The summed E-state index contributed by atoms with van der Waals surface area (Å²) >= 11 is 3.07. The Bertz CT molecular complexity index is 886. The molecule has 1 unspecified atom stereocenters. The molecule has 2 aliphatic heterocycles. The zero-order valence-electron chi connectivity index (χ0n) is 13.6. The topological polar surface area (TPSA) is 75.4 Å². The molecule has 3 N–H and O–H groups in total. The zero-order chi connectivity index (χ0) is 17.6. The van der Waals surface area contributed by atoms with E-state index in [0.717, 1.165) is 33.3 Å². The van der Waals surface area contributed by atoms with Crippen LogP contribution in [-0.2, 0) is 9.67 Å². The lowest BCUT2D eigenvalue weighted by molar-refractivity contribution is -0.124. The maximum atomic E-state index is 12.5. The fourth-order valence-electron chi connectivity index (χ4n) is 3.28. The number of thioether (sulfide) groups is 1. The highest BCUT2D eigenvalue weighted by atomic mass is 32.2. The molecule has 128 valence electrons. The van der Waals surface area contributed by atoms with Gasteiger partial charge in [0, 0.05) is 22.1 Å². The molecule has 0 bridgehead atoms. The molecule has 1 fully saturated rings. The number of primary amides is 1. The lowest BCUT2D eigenvalue weighted by Crippen LogP contribution is -2.47. The third-order valence-corrected chi connectivity index (χ3v) is 7.27. The van der Waals surface area contributed by atoms with E-state index in [1.807, 2.05) is 48.3 Å². The van der Waals surface area contributed by atoms with Crippen LogP contribution in [0, 0.1) is 0 Å². The van der Waals surface area contributed by atoms with Gasteiger partial charge in [-0.2, -0.15) is 0 Å². The van der Waals surface area contributed by atoms with Crippen molar-refractivity contribution in [3.05, 3.63) is 53.6 Å². The fourth-order valence-corrected chi connectivity index (χ4v) is 5.75. The molecule has 0 aliphatic carbocycles. The van der Waals surface area contributed by atoms with Gasteiger partial charge < -0.3 is 11.1 Å². The number of amides is 2. The van der Waals surface area contributed by atoms with Crippen molar-refractivity contribution < 1.29 is 9.59 Å². The van der Waals surface area contributed by atoms with Crippen molar-refractivity contribution in [2.45, 2.75) is 14.7 Å². The van der Waals surface area contributed by atoms with Crippen LogP contribution in [0.2, 0.25) is 0 Å². The monoisotopic (exact) mass is 371 g/mol. The molecule has 0 radical (unpaired) electrons. The number of rotatable bonds is 2. The van der Waals surface area contributed by atoms with Crippen molar-refractivity contribution in [3.63, 3.8) is 0 Å². The molecular formula is C18H17N3O2S2. The second-order valence-corrected chi connectivity index (χ2v) is 8.41. The van der Waals surface area contributed by atoms with E-state index in [1.54, 1.807) is 17.8 Å². The molecule has 2 aromatic carbocycles. The Morgan fingerprint density at radius 1 is 1.24 bits per heavy atom. The molecular weight excluding hydrogens is 354 g/mol. The molecule has 0 saturated carbocycles. The van der Waals surface area contributed by atoms with Crippen LogP contribution in [0.5, 0.6) is 0 Å². The minimum Gasteiger partial charge on any atom is -0.367 e. The highest BCUT2D eigenvalue weighted by molar-refractivity contribution is 8.01. The summed E-state index contributed by atoms with van der Waals surface area (Å²) in [4.78, 5) is 27.8. The van der Waals surface area contributed by atoms with Crippen LogP contribution in [0.1, 0.15) is 15.9 Å². The normalized spacial score (nSPS) is 22.7. The van der Waals surface area contributed by atoms with Crippen molar-refractivity contribution in [2.75, 3.05) is 24.7 Å². The second kappa shape index (κ2) is 6.09. The van der Waals surface area contributed by atoms with Gasteiger partial charge in [-0.15, -0.1) is 11.8 Å². The Kier molecular flexibility index (Phi) is 4.02. The molecule has 7 heteroatoms. The van der Waals surface area contributed by atoms with E-state index in [2.05, 4.69) is 5.32 Å². The predicted molar refractivity (Wildman–Crippen MR) is 101 cm³/mol. The first-order valence-electron chi connectivity index (χ1n) is 7.90. The number of para-hydroxylation sites is 1. The summed E-state index contributed by atoms with van der Waals surface area (Å²) in [6, 6.07) is 13.3. The average Bonchev–Trinajstić information content (AvgIpc) is 2.92. The quantitative estimate of drug-likeness (QED) is 0.849. The van der Waals surface area contributed by atoms with E-state index < -0.39 is 4.87 Å². The predicted octanol–water partition coefficient (Wildman–Crippen LogP) is 2.72. The van der Waals surface area contributed by atoms with Gasteiger partial charge in [-0.3, -0.25) is 14.5 Å². The van der Waals surface area contributed by atoms with E-state index in [0.29, 0.717) is 5.56 Å². The van der Waals surface area contributed by atoms with E-state index >= 15 is 0 Å². The fraction of sp³-hybridized carbons (Fsp3) is 0.222. The second-order valence-electron chi connectivity index (χ2n) is 6.04. The van der Waals surface area contributed by atoms with Crippen LogP contribution < -0.4 is 11.1 Å². The summed E-state index contributed by atoms with van der Waals surface area (Å²) in [5, 5.41) is 2.94. The van der Waals surface area contributed by atoms with E-state index in [4.69, 9.17) is 5.73 Å². The summed E-state index contributed by atoms with van der Waals surface area (Å²) in [6.07, 6.45) is 0. The molecule has 1 saturated heterocycles. The molecule has 4 rings (SSSR count). The molecule has 2 aromatic rings.